The van der Waals surface area contributed by atoms with Crippen LogP contribution in [0.15, 0.2) is 58.9 Å². The van der Waals surface area contributed by atoms with E-state index in [-0.39, 0.29) is 12.5 Å². The van der Waals surface area contributed by atoms with Crippen molar-refractivity contribution < 1.29 is 9.59 Å². The number of halogens is 2. The first-order chi connectivity index (χ1) is 15.4. The van der Waals surface area contributed by atoms with E-state index >= 15 is 0 Å². The fourth-order valence-corrected chi connectivity index (χ4v) is 3.86. The smallest absolute Gasteiger partial charge is 0.251 e. The molecule has 2 amide bonds. The molecule has 0 aliphatic heterocycles. The maximum Gasteiger partial charge on any atom is 0.251 e. The molecule has 0 aliphatic rings. The fourth-order valence-electron chi connectivity index (χ4n) is 3.56. The minimum atomic E-state index is -0.574. The number of rotatable bonds is 6. The quantitative estimate of drug-likeness (QED) is 0.144. The normalized spacial score (nSPS) is 11.4. The molecule has 1 heterocycles. The molecule has 0 radical (unpaired) electrons. The molecule has 0 spiro atoms. The molecule has 1 aromatic heterocycles. The van der Waals surface area contributed by atoms with Gasteiger partial charge in [-0.05, 0) is 53.6 Å². The van der Waals surface area contributed by atoms with Crippen molar-refractivity contribution in [2.75, 3.05) is 13.1 Å². The van der Waals surface area contributed by atoms with Gasteiger partial charge in [0.1, 0.15) is 0 Å². The maximum atomic E-state index is 12.5. The summed E-state index contributed by atoms with van der Waals surface area (Å²) in [6.07, 6.45) is 0. The van der Waals surface area contributed by atoms with Crippen LogP contribution in [-0.4, -0.2) is 29.9 Å². The van der Waals surface area contributed by atoms with E-state index in [0.29, 0.717) is 33.2 Å². The average Bonchev–Trinajstić information content (AvgIpc) is 3.15. The van der Waals surface area contributed by atoms with E-state index in [1.54, 1.807) is 36.4 Å². The Hall–Kier alpha value is -3.62. The summed E-state index contributed by atoms with van der Waals surface area (Å²) in [7, 11) is 0. The van der Waals surface area contributed by atoms with E-state index in [4.69, 9.17) is 34.8 Å². The topological polar surface area (TPSA) is 139 Å². The van der Waals surface area contributed by atoms with Gasteiger partial charge in [0, 0.05) is 28.4 Å². The zero-order chi connectivity index (χ0) is 22.8. The lowest BCUT2D eigenvalue weighted by atomic mass is 9.98. The summed E-state index contributed by atoms with van der Waals surface area (Å²) >= 11 is 12.2. The molecule has 32 heavy (non-hydrogen) atoms. The average molecular weight is 469 g/mol. The second-order valence-electron chi connectivity index (χ2n) is 7.06. The van der Waals surface area contributed by atoms with E-state index in [1.807, 2.05) is 12.1 Å². The zero-order valence-corrected chi connectivity index (χ0v) is 18.2. The molecule has 0 aliphatic carbocycles. The number of hydrogen-bond acceptors (Lipinski definition) is 4. The molecule has 0 unspecified atom stereocenters. The molecule has 4 rings (SSSR count). The molecule has 8 nitrogen and oxygen atoms in total. The van der Waals surface area contributed by atoms with Crippen LogP contribution in [0, 0.1) is 0 Å². The molecule has 10 heteroatoms. The van der Waals surface area contributed by atoms with Crippen LogP contribution in [0.5, 0.6) is 0 Å². The molecule has 0 saturated heterocycles. The van der Waals surface area contributed by atoms with Crippen molar-refractivity contribution in [3.05, 3.63) is 69.7 Å². The predicted molar refractivity (Wildman–Crippen MR) is 126 cm³/mol. The van der Waals surface area contributed by atoms with Crippen molar-refractivity contribution in [1.82, 2.24) is 10.3 Å². The number of primary amides is 1. The summed E-state index contributed by atoms with van der Waals surface area (Å²) in [4.78, 5) is 28.0. The molecular formula is C22H18Cl2N6O2. The molecule has 6 N–H and O–H groups in total. The van der Waals surface area contributed by atoms with Gasteiger partial charge in [-0.1, -0.05) is 34.5 Å². The number of aromatic amines is 1. The third kappa shape index (κ3) is 4.10. The number of nitrogens with zero attached hydrogens (tertiary/aromatic N) is 2. The van der Waals surface area contributed by atoms with Crippen molar-refractivity contribution in [2.45, 2.75) is 0 Å². The van der Waals surface area contributed by atoms with Crippen molar-refractivity contribution in [3.8, 4) is 11.1 Å². The van der Waals surface area contributed by atoms with Crippen LogP contribution in [0.25, 0.3) is 32.9 Å². The van der Waals surface area contributed by atoms with Crippen LogP contribution in [-0.2, 0) is 0 Å². The van der Waals surface area contributed by atoms with E-state index in [0.717, 1.165) is 27.4 Å². The molecule has 3 aromatic carbocycles. The molecule has 0 bridgehead atoms. The Labute approximate surface area is 192 Å². The van der Waals surface area contributed by atoms with Gasteiger partial charge in [0.2, 0.25) is 0 Å². The first-order valence-corrected chi connectivity index (χ1v) is 10.3. The summed E-state index contributed by atoms with van der Waals surface area (Å²) < 4.78 is 0. The second kappa shape index (κ2) is 8.86. The van der Waals surface area contributed by atoms with Gasteiger partial charge in [0.15, 0.2) is 0 Å². The second-order valence-corrected chi connectivity index (χ2v) is 7.88. The molecule has 162 valence electrons. The highest BCUT2D eigenvalue weighted by Gasteiger charge is 2.16. The Bertz CT molecular complexity index is 1400. The molecule has 0 atom stereocenters. The van der Waals surface area contributed by atoms with Gasteiger partial charge in [-0.2, -0.15) is 5.11 Å². The maximum absolute atomic E-state index is 12.5. The van der Waals surface area contributed by atoms with Crippen LogP contribution >= 0.6 is 23.2 Å². The number of carbonyl (C=O) groups is 2. The fraction of sp³-hybridized carbons (Fsp3) is 0.0909. The van der Waals surface area contributed by atoms with E-state index in [9.17, 15) is 9.59 Å². The number of nitrogens with one attached hydrogen (secondary N) is 2. The van der Waals surface area contributed by atoms with E-state index in [2.05, 4.69) is 20.6 Å². The number of hydrogen-bond donors (Lipinski definition) is 4. The van der Waals surface area contributed by atoms with Gasteiger partial charge < -0.3 is 21.9 Å². The number of H-pyrrole nitrogens is 1. The van der Waals surface area contributed by atoms with Crippen molar-refractivity contribution in [1.29, 1.82) is 0 Å². The molecule has 0 saturated carbocycles. The summed E-state index contributed by atoms with van der Waals surface area (Å²) in [5.41, 5.74) is 9.34. The van der Waals surface area contributed by atoms with Crippen LogP contribution < -0.4 is 16.9 Å². The minimum Gasteiger partial charge on any atom is -0.366 e. The lowest BCUT2D eigenvalue weighted by Gasteiger charge is -2.07. The van der Waals surface area contributed by atoms with Crippen molar-refractivity contribution >= 4 is 56.8 Å². The Morgan fingerprint density at radius 2 is 1.78 bits per heavy atom. The predicted octanol–water partition coefficient (Wildman–Crippen LogP) is 4.45. The van der Waals surface area contributed by atoms with Crippen LogP contribution in [0.1, 0.15) is 20.7 Å². The third-order valence-corrected chi connectivity index (χ3v) is 5.81. The highest BCUT2D eigenvalue weighted by molar-refractivity contribution is 6.42. The number of amides is 2. The first kappa shape index (κ1) is 21.6. The Morgan fingerprint density at radius 1 is 0.969 bits per heavy atom. The minimum absolute atomic E-state index is 0.260. The highest BCUT2D eigenvalue weighted by Crippen LogP contribution is 2.35. The number of benzene rings is 3. The SMILES string of the molecule is NN=NCCNC(=O)c1ccc2[nH]c3c(C(N)=O)cc(-c4ccc(Cl)c(Cl)c4)cc3c2c1. The number of nitrogens with two attached hydrogens (primary N) is 2. The molecule has 0 fully saturated rings. The Morgan fingerprint density at radius 3 is 2.50 bits per heavy atom. The van der Waals surface area contributed by atoms with Crippen LogP contribution in [0.2, 0.25) is 10.0 Å². The van der Waals surface area contributed by atoms with Gasteiger partial charge in [0.05, 0.1) is 27.7 Å². The highest BCUT2D eigenvalue weighted by atomic mass is 35.5. The lowest BCUT2D eigenvalue weighted by Crippen LogP contribution is -2.25. The standard InChI is InChI=1S/C22H18Cl2N6O2/c23-17-3-1-11(10-18(17)24)13-8-15-14-7-12(22(32)27-5-6-28-30-26)2-4-19(14)29-20(15)16(9-13)21(25)31/h1-4,7-10,29H,5-6H2,(H2,25,31)(H2,26,28)(H,27,32). The molecule has 4 aromatic rings. The van der Waals surface area contributed by atoms with Crippen LogP contribution in [0.4, 0.5) is 0 Å². The summed E-state index contributed by atoms with van der Waals surface area (Å²) in [5, 5.41) is 11.9. The van der Waals surface area contributed by atoms with Crippen molar-refractivity contribution in [3.63, 3.8) is 0 Å². The van der Waals surface area contributed by atoms with Gasteiger partial charge in [-0.25, -0.2) is 0 Å². The van der Waals surface area contributed by atoms with Gasteiger partial charge in [-0.3, -0.25) is 9.59 Å². The molecular weight excluding hydrogens is 451 g/mol. The Balaban J connectivity index is 1.84. The largest absolute Gasteiger partial charge is 0.366 e. The van der Waals surface area contributed by atoms with Gasteiger partial charge >= 0.3 is 0 Å². The lowest BCUT2D eigenvalue weighted by molar-refractivity contribution is 0.0953. The number of carbonyl (C=O) groups excluding carboxylic acids is 2. The number of aromatic nitrogens is 1. The van der Waals surface area contributed by atoms with Gasteiger partial charge in [0.25, 0.3) is 11.8 Å². The first-order valence-electron chi connectivity index (χ1n) is 9.58. The third-order valence-electron chi connectivity index (χ3n) is 5.07. The number of fused-ring (bicyclic) bond motifs is 3. The van der Waals surface area contributed by atoms with E-state index in [1.165, 1.54) is 0 Å². The van der Waals surface area contributed by atoms with Crippen molar-refractivity contribution in [2.24, 2.45) is 21.9 Å². The monoisotopic (exact) mass is 468 g/mol. The van der Waals surface area contributed by atoms with E-state index < -0.39 is 5.91 Å². The summed E-state index contributed by atoms with van der Waals surface area (Å²) in [6.45, 7) is 0.589. The zero-order valence-electron chi connectivity index (χ0n) is 16.7. The van der Waals surface area contributed by atoms with Gasteiger partial charge in [-0.15, -0.1) is 0 Å². The van der Waals surface area contributed by atoms with Crippen LogP contribution in [0.3, 0.4) is 0 Å². The summed E-state index contributed by atoms with van der Waals surface area (Å²) in [5.74, 6) is 4.12. The Kier molecular flexibility index (Phi) is 5.98. The summed E-state index contributed by atoms with van der Waals surface area (Å²) in [6, 6.07) is 14.1.